The molecule has 34 heavy (non-hydrogen) atoms. The molecule has 184 valence electrons. The molecule has 4 N–H and O–H groups in total. The molecular formula is C25H34N4O5. The molecule has 2 aliphatic heterocycles. The number of hydrogen-bond donors (Lipinski definition) is 4. The maximum atomic E-state index is 12.3. The Hall–Kier alpha value is -2.88. The summed E-state index contributed by atoms with van der Waals surface area (Å²) in [6.45, 7) is 5.07. The highest BCUT2D eigenvalue weighted by Gasteiger charge is 2.33. The van der Waals surface area contributed by atoms with E-state index in [1.807, 2.05) is 37.4 Å². The van der Waals surface area contributed by atoms with Crippen molar-refractivity contribution >= 4 is 17.3 Å². The van der Waals surface area contributed by atoms with Crippen molar-refractivity contribution in [3.05, 3.63) is 57.5 Å². The number of benzene rings is 1. The smallest absolute Gasteiger partial charge is 0.323 e. The summed E-state index contributed by atoms with van der Waals surface area (Å²) >= 11 is 0. The van der Waals surface area contributed by atoms with Gasteiger partial charge in [0, 0.05) is 44.1 Å². The van der Waals surface area contributed by atoms with Crippen LogP contribution in [0.3, 0.4) is 0 Å². The summed E-state index contributed by atoms with van der Waals surface area (Å²) in [7, 11) is 1.76. The van der Waals surface area contributed by atoms with E-state index >= 15 is 0 Å². The molecule has 2 aliphatic rings. The summed E-state index contributed by atoms with van der Waals surface area (Å²) in [5.41, 5.74) is 4.57. The summed E-state index contributed by atoms with van der Waals surface area (Å²) in [5.74, 6) is -1.08. The Morgan fingerprint density at radius 3 is 2.76 bits per heavy atom. The van der Waals surface area contributed by atoms with E-state index in [9.17, 15) is 19.8 Å². The monoisotopic (exact) mass is 470 g/mol. The van der Waals surface area contributed by atoms with Crippen molar-refractivity contribution in [2.24, 2.45) is 7.05 Å². The highest BCUT2D eigenvalue weighted by Crippen LogP contribution is 2.42. The predicted octanol–water partition coefficient (Wildman–Crippen LogP) is 2.12. The lowest BCUT2D eigenvalue weighted by Crippen LogP contribution is -2.44. The molecule has 2 aromatic rings. The first-order valence-corrected chi connectivity index (χ1v) is 11.8. The number of aliphatic hydroxyl groups excluding tert-OH is 1. The second-order valence-corrected chi connectivity index (χ2v) is 9.35. The Labute approximate surface area is 199 Å². The number of hydrogen-bond acceptors (Lipinski definition) is 7. The third kappa shape index (κ3) is 5.11. The van der Waals surface area contributed by atoms with E-state index < -0.39 is 18.1 Å². The molecule has 4 rings (SSSR count). The van der Waals surface area contributed by atoms with E-state index in [1.165, 1.54) is 6.92 Å². The minimum absolute atomic E-state index is 0.0131. The van der Waals surface area contributed by atoms with Crippen LogP contribution in [0.15, 0.2) is 35.3 Å². The number of carboxylic acid groups (broad SMARTS) is 1. The summed E-state index contributed by atoms with van der Waals surface area (Å²) in [6, 6.07) is 6.88. The fourth-order valence-electron chi connectivity index (χ4n) is 4.80. The van der Waals surface area contributed by atoms with Gasteiger partial charge in [-0.05, 0) is 56.9 Å². The number of pyridine rings is 1. The third-order valence-electron chi connectivity index (χ3n) is 6.62. The Bertz CT molecular complexity index is 1070. The number of anilines is 2. The Morgan fingerprint density at radius 1 is 1.32 bits per heavy atom. The van der Waals surface area contributed by atoms with Gasteiger partial charge in [0.1, 0.15) is 12.2 Å². The van der Waals surface area contributed by atoms with Crippen LogP contribution in [0.1, 0.15) is 49.0 Å². The molecule has 1 fully saturated rings. The van der Waals surface area contributed by atoms with Crippen molar-refractivity contribution in [3.63, 3.8) is 0 Å². The second kappa shape index (κ2) is 10.2. The molecule has 0 aliphatic carbocycles. The standard InChI is InChI=1S/C25H34N4O5/c1-15-10-18(13-28(3)24(15)31)23-27-20-8-7-17(12-26-22(16(2)30)25(32)33)11-21(20)29(23)14-19-6-4-5-9-34-19/h7-8,10-11,13,16,19,22-23,26-27,30H,4-6,9,12,14H2,1-3H3,(H,32,33)/t16?,19?,22-,23?/m0/s1. The number of fused-ring (bicyclic) bond motifs is 1. The maximum absolute atomic E-state index is 12.3. The Kier molecular flexibility index (Phi) is 7.25. The number of rotatable bonds is 8. The molecule has 3 unspecified atom stereocenters. The van der Waals surface area contributed by atoms with E-state index in [1.54, 1.807) is 11.6 Å². The molecule has 1 aromatic carbocycles. The largest absolute Gasteiger partial charge is 0.480 e. The van der Waals surface area contributed by atoms with Crippen LogP contribution in [-0.4, -0.2) is 52.2 Å². The first-order chi connectivity index (χ1) is 16.2. The minimum atomic E-state index is -1.08. The van der Waals surface area contributed by atoms with Gasteiger partial charge in [0.25, 0.3) is 5.56 Å². The number of aryl methyl sites for hydroxylation is 2. The number of carboxylic acids is 1. The van der Waals surface area contributed by atoms with Gasteiger partial charge in [0.15, 0.2) is 0 Å². The highest BCUT2D eigenvalue weighted by atomic mass is 16.5. The SMILES string of the molecule is Cc1cc(C2Nc3ccc(CN[C@H](C(=O)O)C(C)O)cc3N2CC2CCCCO2)cn(C)c1=O. The first kappa shape index (κ1) is 24.3. The fraction of sp³-hybridized carbons (Fsp3) is 0.520. The van der Waals surface area contributed by atoms with E-state index in [0.29, 0.717) is 18.7 Å². The molecule has 0 spiro atoms. The van der Waals surface area contributed by atoms with Crippen molar-refractivity contribution in [1.82, 2.24) is 9.88 Å². The molecule has 9 nitrogen and oxygen atoms in total. The van der Waals surface area contributed by atoms with Crippen LogP contribution in [0.5, 0.6) is 0 Å². The summed E-state index contributed by atoms with van der Waals surface area (Å²) in [5, 5.41) is 25.6. The van der Waals surface area contributed by atoms with Gasteiger partial charge in [0.2, 0.25) is 0 Å². The van der Waals surface area contributed by atoms with Gasteiger partial charge in [-0.15, -0.1) is 0 Å². The number of ether oxygens (including phenoxy) is 1. The van der Waals surface area contributed by atoms with E-state index in [2.05, 4.69) is 15.5 Å². The molecule has 1 aromatic heterocycles. The molecule has 3 heterocycles. The molecule has 4 atom stereocenters. The van der Waals surface area contributed by atoms with Gasteiger partial charge in [-0.2, -0.15) is 0 Å². The van der Waals surface area contributed by atoms with E-state index in [4.69, 9.17) is 4.74 Å². The zero-order valence-corrected chi connectivity index (χ0v) is 20.0. The molecular weight excluding hydrogens is 436 g/mol. The van der Waals surface area contributed by atoms with Crippen LogP contribution < -0.4 is 21.1 Å². The third-order valence-corrected chi connectivity index (χ3v) is 6.62. The minimum Gasteiger partial charge on any atom is -0.480 e. The number of aliphatic hydroxyl groups is 1. The maximum Gasteiger partial charge on any atom is 0.323 e. The lowest BCUT2D eigenvalue weighted by atomic mass is 10.1. The van der Waals surface area contributed by atoms with Crippen molar-refractivity contribution < 1.29 is 19.7 Å². The van der Waals surface area contributed by atoms with Crippen LogP contribution >= 0.6 is 0 Å². The Balaban J connectivity index is 1.63. The van der Waals surface area contributed by atoms with Gasteiger partial charge >= 0.3 is 5.97 Å². The van der Waals surface area contributed by atoms with Crippen LogP contribution in [0.25, 0.3) is 0 Å². The number of aromatic nitrogens is 1. The average molecular weight is 471 g/mol. The highest BCUT2D eigenvalue weighted by molar-refractivity contribution is 5.78. The van der Waals surface area contributed by atoms with Crippen LogP contribution in [0.4, 0.5) is 11.4 Å². The zero-order valence-electron chi connectivity index (χ0n) is 20.0. The molecule has 0 saturated carbocycles. The molecule has 9 heteroatoms. The van der Waals surface area contributed by atoms with Crippen molar-refractivity contribution in [2.75, 3.05) is 23.4 Å². The van der Waals surface area contributed by atoms with Crippen molar-refractivity contribution in [2.45, 2.75) is 64.1 Å². The van der Waals surface area contributed by atoms with Crippen LogP contribution in [0, 0.1) is 6.92 Å². The van der Waals surface area contributed by atoms with Crippen molar-refractivity contribution in [1.29, 1.82) is 0 Å². The van der Waals surface area contributed by atoms with Crippen LogP contribution in [-0.2, 0) is 23.1 Å². The van der Waals surface area contributed by atoms with Gasteiger partial charge in [-0.3, -0.25) is 14.9 Å². The lowest BCUT2D eigenvalue weighted by molar-refractivity contribution is -0.142. The zero-order chi connectivity index (χ0) is 24.4. The predicted molar refractivity (Wildman–Crippen MR) is 130 cm³/mol. The summed E-state index contributed by atoms with van der Waals surface area (Å²) < 4.78 is 7.65. The quantitative estimate of drug-likeness (QED) is 0.464. The number of aliphatic carboxylic acids is 1. The van der Waals surface area contributed by atoms with Crippen molar-refractivity contribution in [3.8, 4) is 0 Å². The van der Waals surface area contributed by atoms with E-state index in [-0.39, 0.29) is 17.8 Å². The van der Waals surface area contributed by atoms with Gasteiger partial charge in [-0.1, -0.05) is 6.07 Å². The lowest BCUT2D eigenvalue weighted by Gasteiger charge is -2.33. The van der Waals surface area contributed by atoms with Gasteiger partial charge in [0.05, 0.1) is 23.6 Å². The number of nitrogens with zero attached hydrogens (tertiary/aromatic N) is 2. The second-order valence-electron chi connectivity index (χ2n) is 9.35. The first-order valence-electron chi connectivity index (χ1n) is 11.8. The molecule has 0 radical (unpaired) electrons. The molecule has 0 bridgehead atoms. The fourth-order valence-corrected chi connectivity index (χ4v) is 4.80. The van der Waals surface area contributed by atoms with Crippen LogP contribution in [0.2, 0.25) is 0 Å². The topological polar surface area (TPSA) is 116 Å². The normalized spacial score (nSPS) is 21.6. The molecule has 1 saturated heterocycles. The number of carbonyl (C=O) groups is 1. The average Bonchev–Trinajstić information content (AvgIpc) is 3.15. The number of nitrogens with one attached hydrogen (secondary N) is 2. The summed E-state index contributed by atoms with van der Waals surface area (Å²) in [4.78, 5) is 26.0. The summed E-state index contributed by atoms with van der Waals surface area (Å²) in [6.07, 6.45) is 4.05. The van der Waals surface area contributed by atoms with Gasteiger partial charge in [-0.25, -0.2) is 0 Å². The van der Waals surface area contributed by atoms with E-state index in [0.717, 1.165) is 48.4 Å². The van der Waals surface area contributed by atoms with Gasteiger partial charge < -0.3 is 29.7 Å². The molecule has 0 amide bonds. The Morgan fingerprint density at radius 2 is 2.12 bits per heavy atom.